The number of nitrogens with one attached hydrogen (secondary N) is 1. The standard InChI is InChI=1S/C22H28N6O2/c1-12(2)17(22-26-19(27-30-22)14-8-9-14)25-21(29)15-11-13(3)23-20-18(15)24-16-7-5-4-6-10-28(16)20/h11-12,14,17H,4-10H2,1-3H3,(H,25,29). The SMILES string of the molecule is Cc1cc(C(=O)NC(c2nc(C3CC3)no2)C(C)C)c2nc3n(c2n1)CCCCC3. The first kappa shape index (κ1) is 19.2. The molecule has 5 rings (SSSR count). The maximum atomic E-state index is 13.4. The molecule has 2 aliphatic rings. The van der Waals surface area contributed by atoms with E-state index in [9.17, 15) is 4.79 Å². The number of fused-ring (bicyclic) bond motifs is 3. The van der Waals surface area contributed by atoms with Crippen LogP contribution in [0.3, 0.4) is 0 Å². The van der Waals surface area contributed by atoms with Crippen LogP contribution in [-0.4, -0.2) is 30.6 Å². The second-order valence-electron chi connectivity index (χ2n) is 8.93. The van der Waals surface area contributed by atoms with Crippen molar-refractivity contribution in [2.75, 3.05) is 0 Å². The van der Waals surface area contributed by atoms with Crippen molar-refractivity contribution in [1.82, 2.24) is 30.0 Å². The van der Waals surface area contributed by atoms with E-state index < -0.39 is 0 Å². The van der Waals surface area contributed by atoms with Crippen molar-refractivity contribution < 1.29 is 9.32 Å². The molecule has 0 aromatic carbocycles. The van der Waals surface area contributed by atoms with E-state index in [0.717, 1.165) is 61.6 Å². The van der Waals surface area contributed by atoms with Gasteiger partial charge in [0.25, 0.3) is 5.91 Å². The lowest BCUT2D eigenvalue weighted by atomic mass is 10.0. The van der Waals surface area contributed by atoms with Crippen LogP contribution in [0.1, 0.15) is 91.5 Å². The summed E-state index contributed by atoms with van der Waals surface area (Å²) in [5.74, 6) is 2.60. The fourth-order valence-corrected chi connectivity index (χ4v) is 4.20. The summed E-state index contributed by atoms with van der Waals surface area (Å²) in [6.07, 6.45) is 6.59. The Morgan fingerprint density at radius 2 is 2.03 bits per heavy atom. The minimum absolute atomic E-state index is 0.110. The van der Waals surface area contributed by atoms with Gasteiger partial charge in [-0.15, -0.1) is 0 Å². The summed E-state index contributed by atoms with van der Waals surface area (Å²) >= 11 is 0. The van der Waals surface area contributed by atoms with Crippen LogP contribution in [0.2, 0.25) is 0 Å². The molecule has 1 amide bonds. The van der Waals surface area contributed by atoms with Crippen molar-refractivity contribution in [1.29, 1.82) is 0 Å². The largest absolute Gasteiger partial charge is 0.340 e. The van der Waals surface area contributed by atoms with Gasteiger partial charge >= 0.3 is 0 Å². The molecule has 0 saturated heterocycles. The Morgan fingerprint density at radius 3 is 2.80 bits per heavy atom. The van der Waals surface area contributed by atoms with E-state index in [1.165, 1.54) is 6.42 Å². The van der Waals surface area contributed by atoms with Gasteiger partial charge < -0.3 is 14.4 Å². The zero-order valence-electron chi connectivity index (χ0n) is 17.8. The second kappa shape index (κ2) is 7.49. The Labute approximate surface area is 175 Å². The Hall–Kier alpha value is -2.77. The Bertz CT molecular complexity index is 1090. The second-order valence-corrected chi connectivity index (χ2v) is 8.93. The number of nitrogens with zero attached hydrogens (tertiary/aromatic N) is 5. The van der Waals surface area contributed by atoms with Crippen molar-refractivity contribution in [2.24, 2.45) is 5.92 Å². The number of rotatable bonds is 5. The number of carbonyl (C=O) groups is 1. The summed E-state index contributed by atoms with van der Waals surface area (Å²) in [6, 6.07) is 1.48. The van der Waals surface area contributed by atoms with Gasteiger partial charge in [0.1, 0.15) is 17.4 Å². The van der Waals surface area contributed by atoms with E-state index in [-0.39, 0.29) is 17.9 Å². The maximum Gasteiger partial charge on any atom is 0.254 e. The molecule has 1 aliphatic heterocycles. The smallest absolute Gasteiger partial charge is 0.254 e. The average molecular weight is 409 g/mol. The van der Waals surface area contributed by atoms with Crippen molar-refractivity contribution in [2.45, 2.75) is 77.8 Å². The molecule has 8 nitrogen and oxygen atoms in total. The molecule has 0 radical (unpaired) electrons. The van der Waals surface area contributed by atoms with E-state index in [1.807, 2.05) is 26.8 Å². The summed E-state index contributed by atoms with van der Waals surface area (Å²) in [6.45, 7) is 6.91. The number of imidazole rings is 1. The van der Waals surface area contributed by atoms with Crippen LogP contribution in [0.15, 0.2) is 10.6 Å². The third kappa shape index (κ3) is 3.48. The zero-order chi connectivity index (χ0) is 20.8. The van der Waals surface area contributed by atoms with E-state index in [2.05, 4.69) is 20.0 Å². The van der Waals surface area contributed by atoms with Crippen LogP contribution in [0.4, 0.5) is 0 Å². The minimum atomic E-state index is -0.346. The molecule has 1 saturated carbocycles. The van der Waals surface area contributed by atoms with Crippen LogP contribution in [0.5, 0.6) is 0 Å². The topological polar surface area (TPSA) is 98.7 Å². The number of hydrogen-bond acceptors (Lipinski definition) is 6. The highest BCUT2D eigenvalue weighted by molar-refractivity contribution is 6.04. The first-order valence-corrected chi connectivity index (χ1v) is 11.0. The van der Waals surface area contributed by atoms with Gasteiger partial charge in [0.05, 0.1) is 5.56 Å². The Kier molecular flexibility index (Phi) is 4.79. The normalized spacial score (nSPS) is 17.7. The lowest BCUT2D eigenvalue weighted by Crippen LogP contribution is -2.32. The van der Waals surface area contributed by atoms with Gasteiger partial charge in [-0.2, -0.15) is 4.98 Å². The van der Waals surface area contributed by atoms with Gasteiger partial charge in [0, 0.05) is 24.6 Å². The first-order valence-electron chi connectivity index (χ1n) is 11.0. The molecule has 1 N–H and O–H groups in total. The monoisotopic (exact) mass is 408 g/mol. The average Bonchev–Trinajstić information content (AvgIpc) is 3.42. The molecule has 30 heavy (non-hydrogen) atoms. The predicted molar refractivity (Wildman–Crippen MR) is 111 cm³/mol. The van der Waals surface area contributed by atoms with Crippen LogP contribution < -0.4 is 5.32 Å². The number of carbonyl (C=O) groups excluding carboxylic acids is 1. The van der Waals surface area contributed by atoms with Crippen LogP contribution in [0.25, 0.3) is 11.2 Å². The Balaban J connectivity index is 1.48. The zero-order valence-corrected chi connectivity index (χ0v) is 17.8. The minimum Gasteiger partial charge on any atom is -0.340 e. The van der Waals surface area contributed by atoms with Crippen molar-refractivity contribution >= 4 is 17.1 Å². The van der Waals surface area contributed by atoms with Gasteiger partial charge in [0.15, 0.2) is 11.5 Å². The summed E-state index contributed by atoms with van der Waals surface area (Å²) < 4.78 is 7.70. The summed E-state index contributed by atoms with van der Waals surface area (Å²) in [4.78, 5) is 27.5. The lowest BCUT2D eigenvalue weighted by Gasteiger charge is -2.18. The van der Waals surface area contributed by atoms with Crippen LogP contribution in [0, 0.1) is 12.8 Å². The van der Waals surface area contributed by atoms with Gasteiger partial charge in [0.2, 0.25) is 5.89 Å². The molecule has 0 bridgehead atoms. The number of amides is 1. The molecule has 158 valence electrons. The molecule has 1 atom stereocenters. The highest BCUT2D eigenvalue weighted by Gasteiger charge is 2.32. The lowest BCUT2D eigenvalue weighted by molar-refractivity contribution is 0.0915. The van der Waals surface area contributed by atoms with Crippen molar-refractivity contribution in [3.63, 3.8) is 0 Å². The van der Waals surface area contributed by atoms with E-state index >= 15 is 0 Å². The number of aromatic nitrogens is 5. The van der Waals surface area contributed by atoms with Crippen LogP contribution in [-0.2, 0) is 13.0 Å². The molecule has 1 aliphatic carbocycles. The van der Waals surface area contributed by atoms with Crippen molar-refractivity contribution in [3.8, 4) is 0 Å². The molecule has 0 spiro atoms. The third-order valence-electron chi connectivity index (χ3n) is 6.06. The van der Waals surface area contributed by atoms with E-state index in [1.54, 1.807) is 0 Å². The summed E-state index contributed by atoms with van der Waals surface area (Å²) in [7, 11) is 0. The van der Waals surface area contributed by atoms with Gasteiger partial charge in [-0.1, -0.05) is 25.4 Å². The highest BCUT2D eigenvalue weighted by atomic mass is 16.5. The van der Waals surface area contributed by atoms with E-state index in [0.29, 0.717) is 22.9 Å². The van der Waals surface area contributed by atoms with Gasteiger partial charge in [-0.3, -0.25) is 4.79 Å². The van der Waals surface area contributed by atoms with Gasteiger partial charge in [-0.25, -0.2) is 9.97 Å². The Morgan fingerprint density at radius 1 is 1.20 bits per heavy atom. The number of hydrogen-bond donors (Lipinski definition) is 1. The van der Waals surface area contributed by atoms with E-state index in [4.69, 9.17) is 14.5 Å². The molecule has 3 aromatic rings. The van der Waals surface area contributed by atoms with Crippen LogP contribution >= 0.6 is 0 Å². The molecule has 8 heteroatoms. The fourth-order valence-electron chi connectivity index (χ4n) is 4.20. The third-order valence-corrected chi connectivity index (χ3v) is 6.06. The predicted octanol–water partition coefficient (Wildman–Crippen LogP) is 3.85. The fraction of sp³-hybridized carbons (Fsp3) is 0.591. The highest BCUT2D eigenvalue weighted by Crippen LogP contribution is 2.38. The molecule has 1 unspecified atom stereocenters. The molecule has 4 heterocycles. The molecular weight excluding hydrogens is 380 g/mol. The van der Waals surface area contributed by atoms with Crippen molar-refractivity contribution in [3.05, 3.63) is 34.9 Å². The summed E-state index contributed by atoms with van der Waals surface area (Å²) in [5.41, 5.74) is 2.87. The first-order chi connectivity index (χ1) is 14.5. The number of aryl methyl sites for hydroxylation is 3. The molecular formula is C22H28N6O2. The molecule has 3 aromatic heterocycles. The summed E-state index contributed by atoms with van der Waals surface area (Å²) in [5, 5.41) is 7.24. The molecule has 1 fully saturated rings. The number of pyridine rings is 1. The maximum absolute atomic E-state index is 13.4. The van der Waals surface area contributed by atoms with Gasteiger partial charge in [-0.05, 0) is 44.6 Å². The quantitative estimate of drug-likeness (QED) is 0.688.